The molecule has 27 heavy (non-hydrogen) atoms. The lowest BCUT2D eigenvalue weighted by molar-refractivity contribution is -0.0110. The van der Waals surface area contributed by atoms with Gasteiger partial charge in [-0.05, 0) is 56.7 Å². The molecule has 4 rings (SSSR count). The first kappa shape index (κ1) is 18.1. The van der Waals surface area contributed by atoms with Crippen LogP contribution in [0.3, 0.4) is 0 Å². The third kappa shape index (κ3) is 4.72. The van der Waals surface area contributed by atoms with Gasteiger partial charge in [-0.3, -0.25) is 0 Å². The number of hydrogen-bond donors (Lipinski definition) is 0. The van der Waals surface area contributed by atoms with Crippen LogP contribution in [0.15, 0.2) is 40.6 Å². The van der Waals surface area contributed by atoms with Crippen LogP contribution in [0, 0.1) is 6.92 Å². The minimum atomic E-state index is 0.242. The van der Waals surface area contributed by atoms with E-state index in [9.17, 15) is 0 Å². The van der Waals surface area contributed by atoms with Gasteiger partial charge in [0.05, 0.1) is 12.3 Å². The van der Waals surface area contributed by atoms with E-state index in [1.54, 1.807) is 0 Å². The van der Waals surface area contributed by atoms with Crippen molar-refractivity contribution in [1.82, 2.24) is 5.16 Å². The van der Waals surface area contributed by atoms with Gasteiger partial charge in [-0.2, -0.15) is 0 Å². The van der Waals surface area contributed by atoms with Gasteiger partial charge in [0.25, 0.3) is 0 Å². The monoisotopic (exact) mass is 368 g/mol. The van der Waals surface area contributed by atoms with E-state index in [0.717, 1.165) is 56.2 Å². The van der Waals surface area contributed by atoms with Crippen molar-refractivity contribution in [2.24, 2.45) is 0 Å². The minimum absolute atomic E-state index is 0.242. The van der Waals surface area contributed by atoms with Crippen molar-refractivity contribution in [1.29, 1.82) is 0 Å². The molecular weight excluding hydrogens is 340 g/mol. The summed E-state index contributed by atoms with van der Waals surface area (Å²) in [4.78, 5) is 2.35. The number of aromatic nitrogens is 1. The standard InChI is InChI=1S/C22H28N2O3/c1-17-22(15-23-27-17)24-10-8-18(9-11-24)13-19-5-4-7-20(14-19)26-16-21-6-2-3-12-25-21/h4-5,7,13-15,21H,2-3,6,8-12,16H2,1H3. The van der Waals surface area contributed by atoms with Crippen molar-refractivity contribution < 1.29 is 14.0 Å². The Hall–Kier alpha value is -2.27. The SMILES string of the molecule is Cc1oncc1N1CCC(=Cc2cccc(OCC3CCCCO3)c2)CC1. The zero-order chi connectivity index (χ0) is 18.5. The van der Waals surface area contributed by atoms with Gasteiger partial charge in [0, 0.05) is 19.7 Å². The summed E-state index contributed by atoms with van der Waals surface area (Å²) >= 11 is 0. The third-order valence-electron chi connectivity index (χ3n) is 5.41. The zero-order valence-corrected chi connectivity index (χ0v) is 16.0. The number of ether oxygens (including phenoxy) is 2. The molecular formula is C22H28N2O3. The van der Waals surface area contributed by atoms with Crippen LogP contribution in [0.25, 0.3) is 6.08 Å². The molecule has 0 saturated carbocycles. The van der Waals surface area contributed by atoms with E-state index in [1.807, 2.05) is 19.2 Å². The van der Waals surface area contributed by atoms with E-state index in [1.165, 1.54) is 24.0 Å². The second-order valence-electron chi connectivity index (χ2n) is 7.43. The summed E-state index contributed by atoms with van der Waals surface area (Å²) in [5.74, 6) is 1.82. The van der Waals surface area contributed by atoms with Crippen LogP contribution < -0.4 is 9.64 Å². The van der Waals surface area contributed by atoms with Gasteiger partial charge in [-0.15, -0.1) is 0 Å². The molecule has 2 aromatic rings. The Morgan fingerprint density at radius 2 is 2.15 bits per heavy atom. The molecule has 1 aromatic heterocycles. The molecule has 0 aliphatic carbocycles. The highest BCUT2D eigenvalue weighted by molar-refractivity contribution is 5.56. The van der Waals surface area contributed by atoms with Crippen molar-refractivity contribution in [3.8, 4) is 5.75 Å². The quantitative estimate of drug-likeness (QED) is 0.771. The van der Waals surface area contributed by atoms with Crippen molar-refractivity contribution in [2.45, 2.75) is 45.1 Å². The minimum Gasteiger partial charge on any atom is -0.491 e. The van der Waals surface area contributed by atoms with Gasteiger partial charge >= 0.3 is 0 Å². The third-order valence-corrected chi connectivity index (χ3v) is 5.41. The number of hydrogen-bond acceptors (Lipinski definition) is 5. The molecule has 5 nitrogen and oxygen atoms in total. The second-order valence-corrected chi connectivity index (χ2v) is 7.43. The first-order chi connectivity index (χ1) is 13.3. The van der Waals surface area contributed by atoms with Crippen molar-refractivity contribution in [3.63, 3.8) is 0 Å². The van der Waals surface area contributed by atoms with Crippen molar-refractivity contribution in [3.05, 3.63) is 47.4 Å². The van der Waals surface area contributed by atoms with Gasteiger partial charge < -0.3 is 18.9 Å². The molecule has 0 spiro atoms. The van der Waals surface area contributed by atoms with Crippen LogP contribution in [0.5, 0.6) is 5.75 Å². The highest BCUT2D eigenvalue weighted by atomic mass is 16.5. The number of benzene rings is 1. The van der Waals surface area contributed by atoms with E-state index < -0.39 is 0 Å². The van der Waals surface area contributed by atoms with Crippen molar-refractivity contribution in [2.75, 3.05) is 31.2 Å². The first-order valence-electron chi connectivity index (χ1n) is 9.98. The summed E-state index contributed by atoms with van der Waals surface area (Å²) in [6.07, 6.45) is 10.0. The van der Waals surface area contributed by atoms with Gasteiger partial charge in [-0.1, -0.05) is 28.9 Å². The molecule has 3 heterocycles. The Kier molecular flexibility index (Phi) is 5.78. The fraction of sp³-hybridized carbons (Fsp3) is 0.500. The highest BCUT2D eigenvalue weighted by Crippen LogP contribution is 2.27. The topological polar surface area (TPSA) is 47.7 Å². The Labute approximate surface area is 160 Å². The first-order valence-corrected chi connectivity index (χ1v) is 9.98. The lowest BCUT2D eigenvalue weighted by atomic mass is 10.0. The van der Waals surface area contributed by atoms with E-state index in [2.05, 4.69) is 34.3 Å². The van der Waals surface area contributed by atoms with Crippen LogP contribution >= 0.6 is 0 Å². The second kappa shape index (κ2) is 8.61. The summed E-state index contributed by atoms with van der Waals surface area (Å²) in [5, 5.41) is 3.89. The van der Waals surface area contributed by atoms with Crippen LogP contribution in [0.1, 0.15) is 43.4 Å². The zero-order valence-electron chi connectivity index (χ0n) is 16.0. The van der Waals surface area contributed by atoms with E-state index in [0.29, 0.717) is 6.61 Å². The molecule has 0 amide bonds. The molecule has 0 bridgehead atoms. The van der Waals surface area contributed by atoms with Crippen molar-refractivity contribution >= 4 is 11.8 Å². The number of anilines is 1. The Morgan fingerprint density at radius 1 is 1.26 bits per heavy atom. The number of rotatable bonds is 5. The molecule has 1 aromatic carbocycles. The lowest BCUT2D eigenvalue weighted by Gasteiger charge is -2.29. The van der Waals surface area contributed by atoms with Crippen LogP contribution in [-0.2, 0) is 4.74 Å². The molecule has 2 aliphatic heterocycles. The number of aryl methyl sites for hydroxylation is 1. The summed E-state index contributed by atoms with van der Waals surface area (Å²) in [6.45, 7) is 5.49. The molecule has 0 radical (unpaired) electrons. The van der Waals surface area contributed by atoms with Crippen LogP contribution in [0.4, 0.5) is 5.69 Å². The largest absolute Gasteiger partial charge is 0.491 e. The molecule has 2 aliphatic rings. The maximum Gasteiger partial charge on any atom is 0.156 e. The molecule has 144 valence electrons. The average molecular weight is 368 g/mol. The summed E-state index contributed by atoms with van der Waals surface area (Å²) in [5.41, 5.74) is 3.81. The van der Waals surface area contributed by atoms with E-state index in [4.69, 9.17) is 14.0 Å². The maximum atomic E-state index is 5.97. The Bertz CT molecular complexity index is 767. The highest BCUT2D eigenvalue weighted by Gasteiger charge is 2.18. The smallest absolute Gasteiger partial charge is 0.156 e. The molecule has 1 atom stereocenters. The summed E-state index contributed by atoms with van der Waals surface area (Å²) in [6, 6.07) is 8.38. The van der Waals surface area contributed by atoms with Gasteiger partial charge in [0.2, 0.25) is 0 Å². The fourth-order valence-corrected chi connectivity index (χ4v) is 3.83. The molecule has 2 saturated heterocycles. The predicted molar refractivity (Wildman–Crippen MR) is 106 cm³/mol. The van der Waals surface area contributed by atoms with Gasteiger partial charge in [0.15, 0.2) is 5.76 Å². The lowest BCUT2D eigenvalue weighted by Crippen LogP contribution is -2.30. The summed E-state index contributed by atoms with van der Waals surface area (Å²) < 4.78 is 16.9. The van der Waals surface area contributed by atoms with Gasteiger partial charge in [-0.25, -0.2) is 0 Å². The van der Waals surface area contributed by atoms with E-state index in [-0.39, 0.29) is 6.10 Å². The average Bonchev–Trinajstić information content (AvgIpc) is 3.14. The molecule has 2 fully saturated rings. The number of nitrogens with zero attached hydrogens (tertiary/aromatic N) is 2. The Morgan fingerprint density at radius 3 is 2.89 bits per heavy atom. The molecule has 0 N–H and O–H groups in total. The maximum absolute atomic E-state index is 5.97. The number of piperidine rings is 1. The summed E-state index contributed by atoms with van der Waals surface area (Å²) in [7, 11) is 0. The molecule has 1 unspecified atom stereocenters. The van der Waals surface area contributed by atoms with E-state index >= 15 is 0 Å². The van der Waals surface area contributed by atoms with Crippen LogP contribution in [0.2, 0.25) is 0 Å². The predicted octanol–water partition coefficient (Wildman–Crippen LogP) is 4.61. The Balaban J connectivity index is 1.33. The van der Waals surface area contributed by atoms with Gasteiger partial charge in [0.1, 0.15) is 18.0 Å². The molecule has 5 heteroatoms. The fourth-order valence-electron chi connectivity index (χ4n) is 3.83. The van der Waals surface area contributed by atoms with Crippen LogP contribution in [-0.4, -0.2) is 37.6 Å². The normalized spacial score (nSPS) is 20.6.